The second-order valence-corrected chi connectivity index (χ2v) is 10.0. The zero-order chi connectivity index (χ0) is 23.0. The third-order valence-corrected chi connectivity index (χ3v) is 6.78. The molecular formula is C25H22N4O3S. The third kappa shape index (κ3) is 4.05. The van der Waals surface area contributed by atoms with Gasteiger partial charge >= 0.3 is 0 Å². The number of anilines is 1. The monoisotopic (exact) mass is 458 g/mol. The van der Waals surface area contributed by atoms with E-state index in [9.17, 15) is 13.2 Å². The molecule has 8 heteroatoms. The van der Waals surface area contributed by atoms with Gasteiger partial charge in [0.25, 0.3) is 5.91 Å². The molecule has 0 aliphatic carbocycles. The van der Waals surface area contributed by atoms with Gasteiger partial charge < -0.3 is 4.90 Å². The van der Waals surface area contributed by atoms with Gasteiger partial charge in [-0.3, -0.25) is 4.79 Å². The zero-order valence-corrected chi connectivity index (χ0v) is 18.9. The van der Waals surface area contributed by atoms with Crippen LogP contribution in [-0.4, -0.2) is 41.9 Å². The van der Waals surface area contributed by atoms with Gasteiger partial charge in [0.2, 0.25) is 5.82 Å². The highest BCUT2D eigenvalue weighted by Crippen LogP contribution is 2.31. The second kappa shape index (κ2) is 8.29. The topological polar surface area (TPSA) is 85.2 Å². The highest BCUT2D eigenvalue weighted by Gasteiger charge is 2.28. The summed E-state index contributed by atoms with van der Waals surface area (Å²) >= 11 is 0. The maximum atomic E-state index is 13.5. The highest BCUT2D eigenvalue weighted by molar-refractivity contribution is 7.90. The van der Waals surface area contributed by atoms with Gasteiger partial charge in [-0.2, -0.15) is 0 Å². The van der Waals surface area contributed by atoms with Crippen LogP contribution in [0.2, 0.25) is 0 Å². The lowest BCUT2D eigenvalue weighted by atomic mass is 10.0. The van der Waals surface area contributed by atoms with Crippen LogP contribution < -0.4 is 4.90 Å². The molecule has 166 valence electrons. The molecule has 1 aliphatic heterocycles. The predicted octanol–water partition coefficient (Wildman–Crippen LogP) is 3.93. The minimum absolute atomic E-state index is 0.0951. The number of carbonyl (C=O) groups is 1. The molecule has 7 nitrogen and oxygen atoms in total. The number of carbonyl (C=O) groups excluding carboxylic acids is 1. The number of aromatic nitrogens is 3. The molecule has 0 N–H and O–H groups in total. The summed E-state index contributed by atoms with van der Waals surface area (Å²) < 4.78 is 25.6. The van der Waals surface area contributed by atoms with Gasteiger partial charge in [-0.15, -0.1) is 5.10 Å². The molecule has 1 amide bonds. The number of hydrogen-bond acceptors (Lipinski definition) is 5. The molecule has 0 spiro atoms. The Morgan fingerprint density at radius 2 is 1.64 bits per heavy atom. The first kappa shape index (κ1) is 21.1. The van der Waals surface area contributed by atoms with Gasteiger partial charge in [-0.25, -0.2) is 18.1 Å². The normalized spacial score (nSPS) is 13.5. The van der Waals surface area contributed by atoms with Gasteiger partial charge in [-0.1, -0.05) is 48.5 Å². The third-order valence-electron chi connectivity index (χ3n) is 5.67. The molecule has 3 aromatic carbocycles. The smallest absolute Gasteiger partial charge is 0.297 e. The summed E-state index contributed by atoms with van der Waals surface area (Å²) in [7, 11) is -3.32. The van der Waals surface area contributed by atoms with Crippen LogP contribution in [0.1, 0.15) is 22.6 Å². The Hall–Kier alpha value is -3.78. The van der Waals surface area contributed by atoms with Crippen molar-refractivity contribution in [2.24, 2.45) is 0 Å². The van der Waals surface area contributed by atoms with Crippen molar-refractivity contribution in [2.75, 3.05) is 17.7 Å². The molecule has 0 bridgehead atoms. The summed E-state index contributed by atoms with van der Waals surface area (Å²) in [5.74, 6) is 0.363. The summed E-state index contributed by atoms with van der Waals surface area (Å²) in [5.41, 5.74) is 3.20. The zero-order valence-electron chi connectivity index (χ0n) is 18.0. The number of aryl methyl sites for hydroxylation is 1. The second-order valence-electron chi connectivity index (χ2n) is 8.00. The fourth-order valence-electron chi connectivity index (χ4n) is 4.06. The van der Waals surface area contributed by atoms with Crippen LogP contribution in [0.15, 0.2) is 83.8 Å². The van der Waals surface area contributed by atoms with Crippen molar-refractivity contribution in [1.82, 2.24) is 14.8 Å². The quantitative estimate of drug-likeness (QED) is 0.463. The van der Waals surface area contributed by atoms with Gasteiger partial charge in [0.15, 0.2) is 15.7 Å². The Morgan fingerprint density at radius 3 is 2.33 bits per heavy atom. The van der Waals surface area contributed by atoms with E-state index in [1.165, 1.54) is 6.26 Å². The summed E-state index contributed by atoms with van der Waals surface area (Å²) in [6, 6.07) is 24.1. The van der Waals surface area contributed by atoms with E-state index < -0.39 is 9.84 Å². The first-order valence-corrected chi connectivity index (χ1v) is 12.5. The number of hydrogen-bond donors (Lipinski definition) is 0. The number of sulfone groups is 1. The minimum Gasteiger partial charge on any atom is -0.305 e. The van der Waals surface area contributed by atoms with Crippen LogP contribution in [0.3, 0.4) is 0 Å². The van der Waals surface area contributed by atoms with Crippen LogP contribution in [0.5, 0.6) is 0 Å². The molecule has 4 aromatic rings. The summed E-state index contributed by atoms with van der Waals surface area (Å²) in [5, 5.41) is 4.58. The van der Waals surface area contributed by atoms with E-state index in [4.69, 9.17) is 0 Å². The lowest BCUT2D eigenvalue weighted by Crippen LogP contribution is -2.36. The molecule has 1 aliphatic rings. The molecule has 5 rings (SSSR count). The first-order chi connectivity index (χ1) is 15.9. The Balaban J connectivity index is 1.57. The molecule has 0 atom stereocenters. The maximum absolute atomic E-state index is 13.5. The van der Waals surface area contributed by atoms with Crippen molar-refractivity contribution in [3.8, 4) is 17.1 Å². The van der Waals surface area contributed by atoms with Crippen molar-refractivity contribution in [2.45, 2.75) is 17.7 Å². The molecular weight excluding hydrogens is 436 g/mol. The molecule has 1 aromatic heterocycles. The van der Waals surface area contributed by atoms with E-state index >= 15 is 0 Å². The number of amides is 1. The van der Waals surface area contributed by atoms with Crippen molar-refractivity contribution in [3.05, 3.63) is 90.3 Å². The van der Waals surface area contributed by atoms with Gasteiger partial charge in [0.1, 0.15) is 0 Å². The van der Waals surface area contributed by atoms with Crippen molar-refractivity contribution in [3.63, 3.8) is 0 Å². The first-order valence-electron chi connectivity index (χ1n) is 10.6. The largest absolute Gasteiger partial charge is 0.305 e. The highest BCUT2D eigenvalue weighted by atomic mass is 32.2. The number of fused-ring (bicyclic) bond motifs is 1. The van der Waals surface area contributed by atoms with Crippen LogP contribution in [-0.2, 0) is 16.3 Å². The van der Waals surface area contributed by atoms with Crippen LogP contribution in [0.4, 0.5) is 5.69 Å². The van der Waals surface area contributed by atoms with Gasteiger partial charge in [0.05, 0.1) is 10.6 Å². The number of para-hydroxylation sites is 1. The molecule has 0 saturated carbocycles. The number of rotatable bonds is 4. The van der Waals surface area contributed by atoms with E-state index in [1.807, 2.05) is 60.7 Å². The summed E-state index contributed by atoms with van der Waals surface area (Å²) in [4.78, 5) is 20.1. The Bertz CT molecular complexity index is 1370. The molecule has 0 fully saturated rings. The average Bonchev–Trinajstić information content (AvgIpc) is 3.29. The molecule has 0 radical (unpaired) electrons. The molecule has 2 heterocycles. The summed E-state index contributed by atoms with van der Waals surface area (Å²) in [6.45, 7) is 0.518. The van der Waals surface area contributed by atoms with Gasteiger partial charge in [0, 0.05) is 24.1 Å². The van der Waals surface area contributed by atoms with E-state index in [0.29, 0.717) is 24.5 Å². The van der Waals surface area contributed by atoms with Crippen molar-refractivity contribution < 1.29 is 13.2 Å². The lowest BCUT2D eigenvalue weighted by molar-refractivity contribution is 0.0975. The molecule has 0 unspecified atom stereocenters. The van der Waals surface area contributed by atoms with Crippen LogP contribution in [0.25, 0.3) is 17.1 Å². The SMILES string of the molecule is CS(=O)(=O)c1ccc2c(c1)CCCN2C(=O)c1nc(-c2ccccc2)n(-c2ccccc2)n1. The maximum Gasteiger partial charge on any atom is 0.297 e. The fourth-order valence-corrected chi connectivity index (χ4v) is 4.73. The number of nitrogens with zero attached hydrogens (tertiary/aromatic N) is 4. The summed E-state index contributed by atoms with van der Waals surface area (Å²) in [6.07, 6.45) is 2.63. The Kier molecular flexibility index (Phi) is 5.30. The molecule has 33 heavy (non-hydrogen) atoms. The average molecular weight is 459 g/mol. The van der Waals surface area contributed by atoms with E-state index in [0.717, 1.165) is 23.2 Å². The Morgan fingerprint density at radius 1 is 0.939 bits per heavy atom. The number of benzene rings is 3. The molecule has 0 saturated heterocycles. The lowest BCUT2D eigenvalue weighted by Gasteiger charge is -2.28. The fraction of sp³-hybridized carbons (Fsp3) is 0.160. The van der Waals surface area contributed by atoms with Crippen LogP contribution in [0, 0.1) is 0 Å². The van der Waals surface area contributed by atoms with Crippen molar-refractivity contribution in [1.29, 1.82) is 0 Å². The predicted molar refractivity (Wildman–Crippen MR) is 126 cm³/mol. The van der Waals surface area contributed by atoms with E-state index in [-0.39, 0.29) is 16.6 Å². The Labute approximate surface area is 192 Å². The van der Waals surface area contributed by atoms with Gasteiger partial charge in [-0.05, 0) is 48.7 Å². The van der Waals surface area contributed by atoms with Crippen LogP contribution >= 0.6 is 0 Å². The van der Waals surface area contributed by atoms with Crippen molar-refractivity contribution >= 4 is 21.4 Å². The standard InChI is InChI=1S/C25H22N4O3S/c1-33(31,32)21-14-15-22-19(17-21)11-8-16-28(22)25(30)23-26-24(18-9-4-2-5-10-18)29(27-23)20-12-6-3-7-13-20/h2-7,9-10,12-15,17H,8,11,16H2,1H3. The van der Waals surface area contributed by atoms with E-state index in [2.05, 4.69) is 10.1 Å². The minimum atomic E-state index is -3.32. The van der Waals surface area contributed by atoms with E-state index in [1.54, 1.807) is 27.8 Å².